The molecule has 2 rings (SSSR count). The predicted octanol–water partition coefficient (Wildman–Crippen LogP) is 1.58. The molecule has 1 aromatic rings. The van der Waals surface area contributed by atoms with E-state index >= 15 is 0 Å². The van der Waals surface area contributed by atoms with Gasteiger partial charge >= 0.3 is 5.97 Å². The molecule has 1 heterocycles. The topological polar surface area (TPSA) is 70.4 Å². The highest BCUT2D eigenvalue weighted by molar-refractivity contribution is 8.00. The Bertz CT molecular complexity index is 553. The number of fused-ring (bicyclic) bond motifs is 1. The largest absolute Gasteiger partial charge is 0.446 e. The predicted molar refractivity (Wildman–Crippen MR) is 70.7 cm³/mol. The number of ether oxygens (including phenoxy) is 1. The lowest BCUT2D eigenvalue weighted by molar-refractivity contribution is -0.144. The van der Waals surface area contributed by atoms with Crippen LogP contribution in [0.25, 0.3) is 0 Å². The number of benzene rings is 1. The quantitative estimate of drug-likeness (QED) is 0.784. The molecule has 0 bridgehead atoms. The van der Waals surface area contributed by atoms with Crippen LogP contribution in [-0.4, -0.2) is 30.3 Å². The Hall–Kier alpha value is -2.00. The molecule has 0 aromatic heterocycles. The monoisotopic (exact) mass is 276 g/mol. The number of thioether (sulfide) groups is 1. The molecule has 0 saturated heterocycles. The molecule has 1 aliphatic rings. The molecule has 0 spiro atoms. The number of amides is 1. The number of hydrogen-bond donors (Lipinski definition) is 0. The molecule has 0 aliphatic carbocycles. The molecular formula is C13H12N2O3S. The van der Waals surface area contributed by atoms with Crippen molar-refractivity contribution in [3.63, 3.8) is 0 Å². The van der Waals surface area contributed by atoms with Gasteiger partial charge in [-0.2, -0.15) is 5.26 Å². The van der Waals surface area contributed by atoms with Crippen LogP contribution in [0, 0.1) is 11.3 Å². The van der Waals surface area contributed by atoms with Crippen molar-refractivity contribution in [2.24, 2.45) is 0 Å². The molecule has 1 aliphatic heterocycles. The molecule has 0 N–H and O–H groups in total. The first-order valence-corrected chi connectivity index (χ1v) is 6.71. The molecule has 0 unspecified atom stereocenters. The van der Waals surface area contributed by atoms with E-state index < -0.39 is 12.1 Å². The average molecular weight is 276 g/mol. The molecule has 98 valence electrons. The first kappa shape index (κ1) is 13.4. The van der Waals surface area contributed by atoms with E-state index in [1.807, 2.05) is 24.3 Å². The lowest BCUT2D eigenvalue weighted by atomic mass is 10.2. The van der Waals surface area contributed by atoms with Crippen LogP contribution in [0.4, 0.5) is 5.69 Å². The molecule has 0 saturated carbocycles. The number of carbonyl (C=O) groups is 2. The highest BCUT2D eigenvalue weighted by atomic mass is 32.2. The van der Waals surface area contributed by atoms with E-state index in [1.54, 1.807) is 6.07 Å². The van der Waals surface area contributed by atoms with Crippen molar-refractivity contribution in [3.05, 3.63) is 24.3 Å². The van der Waals surface area contributed by atoms with Crippen LogP contribution in [0.3, 0.4) is 0 Å². The third-order valence-electron chi connectivity index (χ3n) is 2.59. The van der Waals surface area contributed by atoms with Gasteiger partial charge in [-0.1, -0.05) is 12.1 Å². The highest BCUT2D eigenvalue weighted by Crippen LogP contribution is 2.34. The van der Waals surface area contributed by atoms with Gasteiger partial charge in [-0.25, -0.2) is 0 Å². The summed E-state index contributed by atoms with van der Waals surface area (Å²) in [5.41, 5.74) is 0.713. The fourth-order valence-corrected chi connectivity index (χ4v) is 2.65. The van der Waals surface area contributed by atoms with Crippen molar-refractivity contribution < 1.29 is 14.3 Å². The normalized spacial score (nSPS) is 15.4. The lowest BCUT2D eigenvalue weighted by Crippen LogP contribution is -2.40. The van der Waals surface area contributed by atoms with Gasteiger partial charge in [-0.05, 0) is 19.1 Å². The lowest BCUT2D eigenvalue weighted by Gasteiger charge is -2.28. The second-order valence-corrected chi connectivity index (χ2v) is 5.01. The minimum absolute atomic E-state index is 0.134. The summed E-state index contributed by atoms with van der Waals surface area (Å²) in [6.45, 7) is 1.32. The van der Waals surface area contributed by atoms with Crippen LogP contribution < -0.4 is 4.90 Å². The zero-order valence-corrected chi connectivity index (χ0v) is 11.1. The summed E-state index contributed by atoms with van der Waals surface area (Å²) in [5, 5.41) is 8.59. The van der Waals surface area contributed by atoms with Crippen LogP contribution in [-0.2, 0) is 14.3 Å². The second kappa shape index (κ2) is 5.76. The van der Waals surface area contributed by atoms with Gasteiger partial charge in [-0.15, -0.1) is 11.8 Å². The Kier molecular flexibility index (Phi) is 4.07. The van der Waals surface area contributed by atoms with Gasteiger partial charge in [0.2, 0.25) is 5.91 Å². The van der Waals surface area contributed by atoms with Crippen molar-refractivity contribution in [2.75, 3.05) is 17.2 Å². The summed E-state index contributed by atoms with van der Waals surface area (Å²) in [7, 11) is 0. The minimum Gasteiger partial charge on any atom is -0.446 e. The van der Waals surface area contributed by atoms with Gasteiger partial charge in [0.15, 0.2) is 6.10 Å². The van der Waals surface area contributed by atoms with E-state index in [9.17, 15) is 9.59 Å². The zero-order chi connectivity index (χ0) is 13.8. The maximum atomic E-state index is 11.9. The van der Waals surface area contributed by atoms with E-state index in [4.69, 9.17) is 10.00 Å². The van der Waals surface area contributed by atoms with Gasteiger partial charge in [0.25, 0.3) is 0 Å². The molecule has 1 atom stereocenters. The summed E-state index contributed by atoms with van der Waals surface area (Å²) in [6.07, 6.45) is -0.808. The fraction of sp³-hybridized carbons (Fsp3) is 0.308. The number of anilines is 1. The van der Waals surface area contributed by atoms with Crippen molar-refractivity contribution in [1.82, 2.24) is 0 Å². The number of esters is 1. The van der Waals surface area contributed by atoms with E-state index in [0.29, 0.717) is 11.4 Å². The zero-order valence-electron chi connectivity index (χ0n) is 10.3. The minimum atomic E-state index is -0.808. The highest BCUT2D eigenvalue weighted by Gasteiger charge is 2.27. The van der Waals surface area contributed by atoms with Gasteiger partial charge in [0.05, 0.1) is 11.4 Å². The number of nitriles is 1. The number of rotatable bonds is 3. The molecule has 19 heavy (non-hydrogen) atoms. The van der Waals surface area contributed by atoms with Gasteiger partial charge in [-0.3, -0.25) is 14.5 Å². The van der Waals surface area contributed by atoms with Crippen molar-refractivity contribution >= 4 is 29.3 Å². The summed E-state index contributed by atoms with van der Waals surface area (Å²) in [4.78, 5) is 25.9. The van der Waals surface area contributed by atoms with Crippen molar-refractivity contribution in [1.29, 1.82) is 5.26 Å². The van der Waals surface area contributed by atoms with Gasteiger partial charge < -0.3 is 4.74 Å². The maximum Gasteiger partial charge on any atom is 0.327 e. The van der Waals surface area contributed by atoms with Gasteiger partial charge in [0.1, 0.15) is 12.6 Å². The molecule has 1 aromatic carbocycles. The molecule has 0 radical (unpaired) electrons. The van der Waals surface area contributed by atoms with Crippen LogP contribution in [0.2, 0.25) is 0 Å². The summed E-state index contributed by atoms with van der Waals surface area (Å²) in [6, 6.07) is 9.21. The van der Waals surface area contributed by atoms with Crippen LogP contribution in [0.5, 0.6) is 0 Å². The van der Waals surface area contributed by atoms with Crippen molar-refractivity contribution in [3.8, 4) is 6.07 Å². The standard InChI is InChI=1S/C13H12N2O3S/c1-9(6-14)18-13(17)7-15-10-4-2-3-5-11(10)19-8-12(15)16/h2-5,9H,7-8H2,1H3/t9-/m1/s1. The SMILES string of the molecule is C[C@H](C#N)OC(=O)CN1C(=O)CSc2ccccc21. The number of carbonyl (C=O) groups excluding carboxylic acids is 2. The smallest absolute Gasteiger partial charge is 0.327 e. The van der Waals surface area contributed by atoms with E-state index in [1.165, 1.54) is 23.6 Å². The van der Waals surface area contributed by atoms with Crippen LogP contribution >= 0.6 is 11.8 Å². The third-order valence-corrected chi connectivity index (χ3v) is 3.63. The molecule has 6 heteroatoms. The Balaban J connectivity index is 2.14. The van der Waals surface area contributed by atoms with Gasteiger partial charge in [0, 0.05) is 4.90 Å². The Morgan fingerprint density at radius 3 is 3.05 bits per heavy atom. The number of hydrogen-bond acceptors (Lipinski definition) is 5. The Morgan fingerprint density at radius 2 is 2.32 bits per heavy atom. The average Bonchev–Trinajstić information content (AvgIpc) is 2.42. The maximum absolute atomic E-state index is 11.9. The molecule has 1 amide bonds. The van der Waals surface area contributed by atoms with Crippen molar-refractivity contribution in [2.45, 2.75) is 17.9 Å². The van der Waals surface area contributed by atoms with E-state index in [-0.39, 0.29) is 12.5 Å². The molecule has 5 nitrogen and oxygen atoms in total. The first-order valence-electron chi connectivity index (χ1n) is 5.73. The summed E-state index contributed by atoms with van der Waals surface area (Å²) >= 11 is 1.45. The Labute approximate surface area is 115 Å². The molecule has 0 fully saturated rings. The number of para-hydroxylation sites is 1. The summed E-state index contributed by atoms with van der Waals surface area (Å²) < 4.78 is 4.86. The third kappa shape index (κ3) is 3.06. The van der Waals surface area contributed by atoms with E-state index in [0.717, 1.165) is 4.90 Å². The van der Waals surface area contributed by atoms with Crippen LogP contribution in [0.1, 0.15) is 6.92 Å². The second-order valence-electron chi connectivity index (χ2n) is 4.00. The summed E-state index contributed by atoms with van der Waals surface area (Å²) in [5.74, 6) is -0.410. The number of nitrogens with zero attached hydrogens (tertiary/aromatic N) is 2. The molecular weight excluding hydrogens is 264 g/mol. The Morgan fingerprint density at radius 1 is 1.58 bits per heavy atom. The van der Waals surface area contributed by atoms with E-state index in [2.05, 4.69) is 0 Å². The first-order chi connectivity index (χ1) is 9.11. The fourth-order valence-electron chi connectivity index (χ4n) is 1.72. The van der Waals surface area contributed by atoms with Crippen LogP contribution in [0.15, 0.2) is 29.2 Å².